The van der Waals surface area contributed by atoms with Crippen LogP contribution in [0.5, 0.6) is 0 Å². The van der Waals surface area contributed by atoms with E-state index in [1.54, 1.807) is 16.7 Å². The van der Waals surface area contributed by atoms with Crippen LogP contribution in [0.3, 0.4) is 0 Å². The third-order valence-electron chi connectivity index (χ3n) is 4.89. The molecule has 128 valence electrons. The van der Waals surface area contributed by atoms with Gasteiger partial charge in [-0.1, -0.05) is 36.4 Å². The molecule has 4 nitrogen and oxygen atoms in total. The summed E-state index contributed by atoms with van der Waals surface area (Å²) in [6, 6.07) is 15.0. The molecule has 0 N–H and O–H groups in total. The van der Waals surface area contributed by atoms with E-state index in [1.165, 1.54) is 18.0 Å². The molecule has 2 heterocycles. The van der Waals surface area contributed by atoms with Crippen LogP contribution >= 0.6 is 0 Å². The van der Waals surface area contributed by atoms with Crippen molar-refractivity contribution in [1.82, 2.24) is 14.5 Å². The van der Waals surface area contributed by atoms with Crippen molar-refractivity contribution in [1.29, 1.82) is 0 Å². The highest BCUT2D eigenvalue weighted by molar-refractivity contribution is 5.77. The fourth-order valence-corrected chi connectivity index (χ4v) is 3.63. The smallest absolute Gasteiger partial charge is 0.261 e. The number of likely N-dealkylation sites (tertiary alicyclic amines) is 1. The molecular weight excluding hydrogens is 317 g/mol. The van der Waals surface area contributed by atoms with E-state index in [0.717, 1.165) is 32.5 Å². The Kier molecular flexibility index (Phi) is 4.32. The van der Waals surface area contributed by atoms with Crippen LogP contribution in [0.4, 0.5) is 4.39 Å². The van der Waals surface area contributed by atoms with Crippen LogP contribution in [-0.4, -0.2) is 27.5 Å². The first-order chi connectivity index (χ1) is 12.2. The molecule has 1 atom stereocenters. The summed E-state index contributed by atoms with van der Waals surface area (Å²) in [4.78, 5) is 19.3. The molecule has 0 amide bonds. The zero-order valence-electron chi connectivity index (χ0n) is 13.9. The summed E-state index contributed by atoms with van der Waals surface area (Å²) in [6.07, 6.45) is 3.48. The molecule has 0 bridgehead atoms. The topological polar surface area (TPSA) is 38.1 Å². The number of benzene rings is 2. The van der Waals surface area contributed by atoms with E-state index < -0.39 is 5.82 Å². The Morgan fingerprint density at radius 2 is 1.96 bits per heavy atom. The molecule has 0 spiro atoms. The second-order valence-corrected chi connectivity index (χ2v) is 6.61. The lowest BCUT2D eigenvalue weighted by Gasteiger charge is -2.33. The average molecular weight is 337 g/mol. The molecule has 1 aliphatic rings. The van der Waals surface area contributed by atoms with Crippen LogP contribution in [0.2, 0.25) is 0 Å². The number of piperidine rings is 1. The van der Waals surface area contributed by atoms with Gasteiger partial charge in [-0.15, -0.1) is 0 Å². The molecule has 2 aromatic carbocycles. The van der Waals surface area contributed by atoms with E-state index in [9.17, 15) is 9.18 Å². The highest BCUT2D eigenvalue weighted by Crippen LogP contribution is 2.22. The van der Waals surface area contributed by atoms with Crippen molar-refractivity contribution < 1.29 is 4.39 Å². The van der Waals surface area contributed by atoms with Gasteiger partial charge in [0.1, 0.15) is 11.3 Å². The maximum absolute atomic E-state index is 13.8. The number of hydrogen-bond donors (Lipinski definition) is 0. The molecule has 0 radical (unpaired) electrons. The SMILES string of the molecule is O=c1c2cccc(F)c2ncn1[C@@H]1CCCN(Cc2ccccc2)C1. The Labute approximate surface area is 145 Å². The largest absolute Gasteiger partial charge is 0.297 e. The monoisotopic (exact) mass is 337 g/mol. The number of para-hydroxylation sites is 1. The Morgan fingerprint density at radius 3 is 2.80 bits per heavy atom. The minimum Gasteiger partial charge on any atom is -0.297 e. The third-order valence-corrected chi connectivity index (χ3v) is 4.89. The van der Waals surface area contributed by atoms with Gasteiger partial charge < -0.3 is 0 Å². The van der Waals surface area contributed by atoms with Crippen LogP contribution in [-0.2, 0) is 6.54 Å². The second kappa shape index (κ2) is 6.76. The molecule has 0 aliphatic carbocycles. The Hall–Kier alpha value is -2.53. The normalized spacial score (nSPS) is 18.5. The van der Waals surface area contributed by atoms with Crippen LogP contribution in [0.15, 0.2) is 59.7 Å². The maximum atomic E-state index is 13.8. The molecule has 1 aliphatic heterocycles. The summed E-state index contributed by atoms with van der Waals surface area (Å²) >= 11 is 0. The van der Waals surface area contributed by atoms with Gasteiger partial charge >= 0.3 is 0 Å². The molecule has 3 aromatic rings. The fourth-order valence-electron chi connectivity index (χ4n) is 3.63. The van der Waals surface area contributed by atoms with Crippen molar-refractivity contribution in [2.45, 2.75) is 25.4 Å². The average Bonchev–Trinajstić information content (AvgIpc) is 2.64. The molecule has 25 heavy (non-hydrogen) atoms. The fraction of sp³-hybridized carbons (Fsp3) is 0.300. The van der Waals surface area contributed by atoms with Crippen LogP contribution in [0.25, 0.3) is 10.9 Å². The molecular formula is C20H20FN3O. The highest BCUT2D eigenvalue weighted by Gasteiger charge is 2.23. The van der Waals surface area contributed by atoms with Crippen LogP contribution in [0, 0.1) is 5.82 Å². The number of hydrogen-bond acceptors (Lipinski definition) is 3. The zero-order chi connectivity index (χ0) is 17.2. The van der Waals surface area contributed by atoms with E-state index in [-0.39, 0.29) is 17.1 Å². The predicted molar refractivity (Wildman–Crippen MR) is 96.0 cm³/mol. The van der Waals surface area contributed by atoms with Gasteiger partial charge in [-0.3, -0.25) is 14.3 Å². The van der Waals surface area contributed by atoms with Crippen molar-refractivity contribution in [2.75, 3.05) is 13.1 Å². The van der Waals surface area contributed by atoms with E-state index >= 15 is 0 Å². The minimum absolute atomic E-state index is 0.0742. The van der Waals surface area contributed by atoms with E-state index in [0.29, 0.717) is 5.39 Å². The Balaban J connectivity index is 1.60. The van der Waals surface area contributed by atoms with Gasteiger partial charge in [-0.25, -0.2) is 9.37 Å². The second-order valence-electron chi connectivity index (χ2n) is 6.61. The standard InChI is InChI=1S/C20H20FN3O/c21-18-10-4-9-17-19(18)22-14-24(20(17)25)16-8-5-11-23(13-16)12-15-6-2-1-3-7-15/h1-4,6-7,9-10,14,16H,5,8,11-13H2/t16-/m1/s1. The summed E-state index contributed by atoms with van der Waals surface area (Å²) in [5.74, 6) is -0.448. The zero-order valence-corrected chi connectivity index (χ0v) is 13.9. The van der Waals surface area contributed by atoms with Crippen molar-refractivity contribution >= 4 is 10.9 Å². The van der Waals surface area contributed by atoms with Crippen molar-refractivity contribution in [3.05, 3.63) is 76.6 Å². The first kappa shape index (κ1) is 16.0. The van der Waals surface area contributed by atoms with Gasteiger partial charge in [0, 0.05) is 13.1 Å². The first-order valence-corrected chi connectivity index (χ1v) is 8.64. The van der Waals surface area contributed by atoms with Gasteiger partial charge in [-0.05, 0) is 37.1 Å². The van der Waals surface area contributed by atoms with Crippen molar-refractivity contribution in [3.8, 4) is 0 Å². The number of halogens is 1. The van der Waals surface area contributed by atoms with Crippen LogP contribution < -0.4 is 5.56 Å². The maximum Gasteiger partial charge on any atom is 0.261 e. The number of nitrogens with zero attached hydrogens (tertiary/aromatic N) is 3. The van der Waals surface area contributed by atoms with Gasteiger partial charge in [-0.2, -0.15) is 0 Å². The van der Waals surface area contributed by atoms with Gasteiger partial charge in [0.25, 0.3) is 5.56 Å². The van der Waals surface area contributed by atoms with Gasteiger partial charge in [0.15, 0.2) is 0 Å². The van der Waals surface area contributed by atoms with Crippen molar-refractivity contribution in [2.24, 2.45) is 0 Å². The van der Waals surface area contributed by atoms with E-state index in [1.807, 2.05) is 18.2 Å². The third kappa shape index (κ3) is 3.20. The molecule has 0 unspecified atom stereocenters. The molecule has 1 saturated heterocycles. The lowest BCUT2D eigenvalue weighted by Crippen LogP contribution is -2.39. The predicted octanol–water partition coefficient (Wildman–Crippen LogP) is 3.37. The molecule has 1 aromatic heterocycles. The molecule has 5 heteroatoms. The number of fused-ring (bicyclic) bond motifs is 1. The van der Waals surface area contributed by atoms with E-state index in [2.05, 4.69) is 22.0 Å². The summed E-state index contributed by atoms with van der Waals surface area (Å²) in [6.45, 7) is 2.70. The summed E-state index contributed by atoms with van der Waals surface area (Å²) < 4.78 is 15.5. The molecule has 1 fully saturated rings. The Morgan fingerprint density at radius 1 is 1.12 bits per heavy atom. The van der Waals surface area contributed by atoms with Gasteiger partial charge in [0.2, 0.25) is 0 Å². The quantitative estimate of drug-likeness (QED) is 0.735. The van der Waals surface area contributed by atoms with E-state index in [4.69, 9.17) is 0 Å². The van der Waals surface area contributed by atoms with Gasteiger partial charge in [0.05, 0.1) is 17.8 Å². The van der Waals surface area contributed by atoms with Crippen molar-refractivity contribution in [3.63, 3.8) is 0 Å². The number of rotatable bonds is 3. The summed E-state index contributed by atoms with van der Waals surface area (Å²) in [5.41, 5.74) is 1.27. The number of aromatic nitrogens is 2. The highest BCUT2D eigenvalue weighted by atomic mass is 19.1. The molecule has 4 rings (SSSR count). The van der Waals surface area contributed by atoms with Crippen LogP contribution in [0.1, 0.15) is 24.4 Å². The first-order valence-electron chi connectivity index (χ1n) is 8.64. The summed E-state index contributed by atoms with van der Waals surface area (Å²) in [7, 11) is 0. The lowest BCUT2D eigenvalue weighted by molar-refractivity contribution is 0.168. The Bertz CT molecular complexity index is 939. The minimum atomic E-state index is -0.448. The molecule has 0 saturated carbocycles. The lowest BCUT2D eigenvalue weighted by atomic mass is 10.0. The summed E-state index contributed by atoms with van der Waals surface area (Å²) in [5, 5.41) is 0.350.